The summed E-state index contributed by atoms with van der Waals surface area (Å²) in [5, 5.41) is 0. The molecule has 0 aliphatic heterocycles. The van der Waals surface area contributed by atoms with Crippen molar-refractivity contribution in [3.63, 3.8) is 0 Å². The third-order valence-electron chi connectivity index (χ3n) is 4.97. The molecule has 0 aliphatic rings. The number of pyridine rings is 1. The maximum Gasteiger partial charge on any atom is 0.433 e. The van der Waals surface area contributed by atoms with Crippen LogP contribution in [0, 0.1) is 0 Å². The van der Waals surface area contributed by atoms with Gasteiger partial charge in [0.05, 0.1) is 21.8 Å². The van der Waals surface area contributed by atoms with Gasteiger partial charge in [0, 0.05) is 22.9 Å². The molecule has 0 amide bonds. The molecule has 0 atom stereocenters. The first-order valence-corrected chi connectivity index (χ1v) is 11.3. The van der Waals surface area contributed by atoms with Crippen molar-refractivity contribution in [1.29, 1.82) is 0 Å². The van der Waals surface area contributed by atoms with Gasteiger partial charge in [-0.1, -0.05) is 24.3 Å². The minimum atomic E-state index is -4.88. The van der Waals surface area contributed by atoms with E-state index < -0.39 is 38.6 Å². The molecule has 0 fully saturated rings. The van der Waals surface area contributed by atoms with Gasteiger partial charge in [-0.25, -0.2) is 9.97 Å². The third-order valence-corrected chi connectivity index (χ3v) is 5.82. The van der Waals surface area contributed by atoms with Crippen LogP contribution in [0.3, 0.4) is 0 Å². The molecule has 0 radical (unpaired) electrons. The van der Waals surface area contributed by atoms with Gasteiger partial charge in [0.25, 0.3) is 10.1 Å². The van der Waals surface area contributed by atoms with Crippen LogP contribution in [-0.4, -0.2) is 27.9 Å². The summed E-state index contributed by atoms with van der Waals surface area (Å²) in [5.41, 5.74) is -2.06. The summed E-state index contributed by atoms with van der Waals surface area (Å²) in [6, 6.07) is 11.8. The van der Waals surface area contributed by atoms with E-state index >= 15 is 0 Å². The van der Waals surface area contributed by atoms with Crippen LogP contribution in [0.25, 0.3) is 33.9 Å². The lowest BCUT2D eigenvalue weighted by Crippen LogP contribution is -2.10. The Labute approximate surface area is 212 Å². The minimum Gasteiger partial charge on any atom is -0.282 e. The van der Waals surface area contributed by atoms with Crippen LogP contribution in [0.2, 0.25) is 0 Å². The van der Waals surface area contributed by atoms with Crippen LogP contribution < -0.4 is 0 Å². The van der Waals surface area contributed by atoms with Crippen molar-refractivity contribution >= 4 is 22.5 Å². The molecule has 0 saturated carbocycles. The Morgan fingerprint density at radius 1 is 0.703 bits per heavy atom. The zero-order chi connectivity index (χ0) is 26.3. The highest BCUT2D eigenvalue weighted by atomic mass is 35.5. The standard InChI is InChI=1S/C23H13F6N3O3S.ClH/c24-22(25,26)16-6-4-13(5-7-16)19-12-20(23(27,28)29)32-21(31-19)15-8-9-30-18(11-15)14-2-1-3-17(10-14)36(33,34)35;/h1-12H,(H,33,34,35);1H. The highest BCUT2D eigenvalue weighted by Gasteiger charge is 2.34. The number of hydrogen-bond donors (Lipinski definition) is 1. The van der Waals surface area contributed by atoms with Gasteiger partial charge >= 0.3 is 12.4 Å². The van der Waals surface area contributed by atoms with E-state index in [-0.39, 0.29) is 46.3 Å². The molecular weight excluding hydrogens is 548 g/mol. The third kappa shape index (κ3) is 6.42. The predicted octanol–water partition coefficient (Wildman–Crippen LogP) is 6.58. The molecule has 2 aromatic heterocycles. The van der Waals surface area contributed by atoms with Crippen LogP contribution in [-0.2, 0) is 22.5 Å². The fraction of sp³-hybridized carbons (Fsp3) is 0.0870. The Morgan fingerprint density at radius 2 is 1.38 bits per heavy atom. The van der Waals surface area contributed by atoms with Gasteiger partial charge in [-0.05, 0) is 42.5 Å². The van der Waals surface area contributed by atoms with Crippen molar-refractivity contribution < 1.29 is 39.3 Å². The van der Waals surface area contributed by atoms with Gasteiger partial charge in [0.2, 0.25) is 0 Å². The maximum absolute atomic E-state index is 13.6. The van der Waals surface area contributed by atoms with Crippen LogP contribution in [0.5, 0.6) is 0 Å². The second kappa shape index (κ2) is 10.1. The maximum atomic E-state index is 13.6. The molecule has 0 saturated heterocycles. The Hall–Kier alpha value is -3.55. The fourth-order valence-corrected chi connectivity index (χ4v) is 3.77. The van der Waals surface area contributed by atoms with Crippen molar-refractivity contribution in [2.45, 2.75) is 17.2 Å². The Bertz CT molecular complexity index is 1540. The summed E-state index contributed by atoms with van der Waals surface area (Å²) in [6.07, 6.45) is -8.25. The van der Waals surface area contributed by atoms with Crippen LogP contribution in [0.1, 0.15) is 11.3 Å². The lowest BCUT2D eigenvalue weighted by atomic mass is 10.1. The van der Waals surface area contributed by atoms with Gasteiger partial charge in [0.1, 0.15) is 5.69 Å². The first-order chi connectivity index (χ1) is 16.7. The molecule has 37 heavy (non-hydrogen) atoms. The lowest BCUT2D eigenvalue weighted by molar-refractivity contribution is -0.141. The predicted molar refractivity (Wildman–Crippen MR) is 123 cm³/mol. The SMILES string of the molecule is Cl.O=S(=O)(O)c1cccc(-c2cc(-c3nc(-c4ccc(C(F)(F)F)cc4)cc(C(F)(F)F)n3)ccn2)c1. The molecule has 1 N–H and O–H groups in total. The van der Waals surface area contributed by atoms with Gasteiger partial charge in [-0.3, -0.25) is 9.54 Å². The van der Waals surface area contributed by atoms with Crippen molar-refractivity contribution in [3.05, 3.63) is 84.2 Å². The molecule has 4 rings (SSSR count). The molecule has 0 spiro atoms. The lowest BCUT2D eigenvalue weighted by Gasteiger charge is -2.12. The molecule has 2 heterocycles. The molecule has 4 aromatic rings. The molecular formula is C23H14ClF6N3O3S. The van der Waals surface area contributed by atoms with Crippen molar-refractivity contribution in [2.24, 2.45) is 0 Å². The van der Waals surface area contributed by atoms with E-state index in [2.05, 4.69) is 15.0 Å². The Morgan fingerprint density at radius 3 is 1.97 bits per heavy atom. The summed E-state index contributed by atoms with van der Waals surface area (Å²) in [6.45, 7) is 0. The second-order valence-electron chi connectivity index (χ2n) is 7.47. The molecule has 6 nitrogen and oxygen atoms in total. The fourth-order valence-electron chi connectivity index (χ4n) is 3.24. The van der Waals surface area contributed by atoms with Crippen LogP contribution in [0.15, 0.2) is 77.8 Å². The van der Waals surface area contributed by atoms with Gasteiger partial charge in [0.15, 0.2) is 5.82 Å². The first kappa shape index (κ1) is 28.0. The normalized spacial score (nSPS) is 12.2. The van der Waals surface area contributed by atoms with Crippen LogP contribution in [0.4, 0.5) is 26.3 Å². The number of aromatic nitrogens is 3. The molecule has 2 aromatic carbocycles. The molecule has 0 unspecified atom stereocenters. The largest absolute Gasteiger partial charge is 0.433 e. The number of benzene rings is 2. The summed E-state index contributed by atoms with van der Waals surface area (Å²) in [7, 11) is -4.51. The van der Waals surface area contributed by atoms with E-state index in [1.165, 1.54) is 30.5 Å². The number of rotatable bonds is 4. The second-order valence-corrected chi connectivity index (χ2v) is 8.89. The van der Waals surface area contributed by atoms with Gasteiger partial charge < -0.3 is 0 Å². The summed E-state index contributed by atoms with van der Waals surface area (Å²) in [4.78, 5) is 11.4. The Balaban J connectivity index is 0.00000380. The zero-order valence-electron chi connectivity index (χ0n) is 18.1. The van der Waals surface area contributed by atoms with E-state index in [0.29, 0.717) is 6.07 Å². The van der Waals surface area contributed by atoms with E-state index in [4.69, 9.17) is 0 Å². The van der Waals surface area contributed by atoms with Gasteiger partial charge in [-0.2, -0.15) is 34.8 Å². The number of halogens is 7. The average Bonchev–Trinajstić information content (AvgIpc) is 2.82. The van der Waals surface area contributed by atoms with E-state index in [1.54, 1.807) is 0 Å². The summed E-state index contributed by atoms with van der Waals surface area (Å²) >= 11 is 0. The van der Waals surface area contributed by atoms with E-state index in [9.17, 15) is 39.3 Å². The number of nitrogens with zero attached hydrogens (tertiary/aromatic N) is 3. The first-order valence-electron chi connectivity index (χ1n) is 9.90. The topological polar surface area (TPSA) is 93.0 Å². The summed E-state index contributed by atoms with van der Waals surface area (Å²) in [5.74, 6) is -0.380. The highest BCUT2D eigenvalue weighted by Crippen LogP contribution is 2.34. The monoisotopic (exact) mass is 561 g/mol. The quantitative estimate of drug-likeness (QED) is 0.223. The minimum absolute atomic E-state index is 0. The zero-order valence-corrected chi connectivity index (χ0v) is 19.8. The number of alkyl halides is 6. The van der Waals surface area contributed by atoms with Crippen molar-refractivity contribution in [3.8, 4) is 33.9 Å². The molecule has 194 valence electrons. The molecule has 14 heteroatoms. The van der Waals surface area contributed by atoms with Gasteiger partial charge in [-0.15, -0.1) is 12.4 Å². The molecule has 0 aliphatic carbocycles. The molecule has 0 bridgehead atoms. The summed E-state index contributed by atoms with van der Waals surface area (Å²) < 4.78 is 111. The Kier molecular flexibility index (Phi) is 7.63. The van der Waals surface area contributed by atoms with Crippen molar-refractivity contribution in [1.82, 2.24) is 15.0 Å². The van der Waals surface area contributed by atoms with Crippen LogP contribution >= 0.6 is 12.4 Å². The van der Waals surface area contributed by atoms with E-state index in [0.717, 1.165) is 36.4 Å². The highest BCUT2D eigenvalue weighted by molar-refractivity contribution is 7.85. The number of hydrogen-bond acceptors (Lipinski definition) is 5. The van der Waals surface area contributed by atoms with Crippen molar-refractivity contribution in [2.75, 3.05) is 0 Å². The smallest absolute Gasteiger partial charge is 0.282 e. The van der Waals surface area contributed by atoms with E-state index in [1.807, 2.05) is 0 Å². The average molecular weight is 562 g/mol.